The molecule has 22 heavy (non-hydrogen) atoms. The molecule has 1 unspecified atom stereocenters. The van der Waals surface area contributed by atoms with E-state index in [2.05, 4.69) is 48.7 Å². The fourth-order valence-electron chi connectivity index (χ4n) is 2.45. The molecule has 0 amide bonds. The monoisotopic (exact) mass is 323 g/mol. The van der Waals surface area contributed by atoms with Gasteiger partial charge in [0.25, 0.3) is 0 Å². The first-order valence-electron chi connectivity index (χ1n) is 8.13. The second-order valence-electron chi connectivity index (χ2n) is 7.68. The van der Waals surface area contributed by atoms with Gasteiger partial charge in [-0.25, -0.2) is 9.97 Å². The van der Waals surface area contributed by atoms with Crippen molar-refractivity contribution in [3.05, 3.63) is 12.4 Å². The lowest BCUT2D eigenvalue weighted by Gasteiger charge is -2.40. The molecule has 1 aliphatic heterocycles. The molecule has 5 nitrogen and oxygen atoms in total. The number of nitrogens with zero attached hydrogens (tertiary/aromatic N) is 3. The molecule has 1 fully saturated rings. The molecule has 0 bridgehead atoms. The normalized spacial score (nSPS) is 20.8. The van der Waals surface area contributed by atoms with Gasteiger partial charge in [0.2, 0.25) is 5.95 Å². The minimum absolute atomic E-state index is 0.104. The van der Waals surface area contributed by atoms with E-state index < -0.39 is 8.32 Å². The second-order valence-corrected chi connectivity index (χ2v) is 12.4. The van der Waals surface area contributed by atoms with Crippen LogP contribution in [0.1, 0.15) is 40.0 Å². The summed E-state index contributed by atoms with van der Waals surface area (Å²) in [5.74, 6) is 0.788. The van der Waals surface area contributed by atoms with Crippen LogP contribution in [0.2, 0.25) is 18.1 Å². The van der Waals surface area contributed by atoms with E-state index in [1.807, 2.05) is 0 Å². The van der Waals surface area contributed by atoms with Crippen molar-refractivity contribution in [1.29, 1.82) is 0 Å². The van der Waals surface area contributed by atoms with Crippen molar-refractivity contribution in [2.24, 2.45) is 0 Å². The molecule has 2 rings (SSSR count). The fraction of sp³-hybridized carbons (Fsp3) is 0.750. The first-order chi connectivity index (χ1) is 10.2. The number of aromatic hydroxyl groups is 1. The van der Waals surface area contributed by atoms with Crippen molar-refractivity contribution in [3.8, 4) is 5.75 Å². The zero-order valence-corrected chi connectivity index (χ0v) is 15.5. The van der Waals surface area contributed by atoms with E-state index in [-0.39, 0.29) is 16.9 Å². The number of anilines is 1. The Morgan fingerprint density at radius 1 is 1.23 bits per heavy atom. The molecule has 0 aliphatic carbocycles. The van der Waals surface area contributed by atoms with Crippen molar-refractivity contribution in [2.75, 3.05) is 18.0 Å². The summed E-state index contributed by atoms with van der Waals surface area (Å²) in [6.07, 6.45) is 6.55. The Balaban J connectivity index is 2.08. The van der Waals surface area contributed by atoms with E-state index in [9.17, 15) is 5.11 Å². The average Bonchev–Trinajstić information content (AvgIpc) is 2.63. The Morgan fingerprint density at radius 2 is 1.86 bits per heavy atom. The summed E-state index contributed by atoms with van der Waals surface area (Å²) in [4.78, 5) is 10.7. The highest BCUT2D eigenvalue weighted by Gasteiger charge is 2.39. The fourth-order valence-corrected chi connectivity index (χ4v) is 3.83. The Bertz CT molecular complexity index is 485. The lowest BCUT2D eigenvalue weighted by atomic mass is 10.2. The summed E-state index contributed by atoms with van der Waals surface area (Å²) in [5.41, 5.74) is 0. The van der Waals surface area contributed by atoms with Crippen LogP contribution in [0.15, 0.2) is 12.4 Å². The first-order valence-corrected chi connectivity index (χ1v) is 11.0. The third kappa shape index (κ3) is 4.20. The Hall–Kier alpha value is -1.14. The molecule has 1 aromatic rings. The topological polar surface area (TPSA) is 58.5 Å². The third-order valence-corrected chi connectivity index (χ3v) is 9.34. The molecule has 1 saturated heterocycles. The lowest BCUT2D eigenvalue weighted by Crippen LogP contribution is -2.46. The molecule has 0 radical (unpaired) electrons. The molecular formula is C16H29N3O2Si. The Kier molecular flexibility index (Phi) is 5.12. The van der Waals surface area contributed by atoms with E-state index >= 15 is 0 Å². The summed E-state index contributed by atoms with van der Waals surface area (Å²) in [7, 11) is -1.76. The zero-order valence-electron chi connectivity index (χ0n) is 14.5. The van der Waals surface area contributed by atoms with Gasteiger partial charge in [-0.3, -0.25) is 0 Å². The maximum absolute atomic E-state index is 9.34. The van der Waals surface area contributed by atoms with Gasteiger partial charge >= 0.3 is 0 Å². The van der Waals surface area contributed by atoms with Gasteiger partial charge in [-0.05, 0) is 37.4 Å². The molecule has 0 aromatic carbocycles. The molecule has 1 N–H and O–H groups in total. The quantitative estimate of drug-likeness (QED) is 0.862. The standard InChI is InChI=1S/C16H29N3O2Si/c1-16(2,3)22(4,5)21-14-8-6-7-9-19(12-14)15-17-10-13(20)11-18-15/h10-11,14,20H,6-9,12H2,1-5H3. The first kappa shape index (κ1) is 17.2. The average molecular weight is 324 g/mol. The lowest BCUT2D eigenvalue weighted by molar-refractivity contribution is 0.179. The number of hydrogen-bond donors (Lipinski definition) is 1. The molecule has 2 heterocycles. The molecule has 1 aromatic heterocycles. The van der Waals surface area contributed by atoms with Crippen LogP contribution in [0.3, 0.4) is 0 Å². The molecule has 0 saturated carbocycles. The molecular weight excluding hydrogens is 294 g/mol. The van der Waals surface area contributed by atoms with Crippen LogP contribution in [-0.4, -0.2) is 42.6 Å². The smallest absolute Gasteiger partial charge is 0.225 e. The number of rotatable bonds is 3. The molecule has 1 aliphatic rings. The number of hydrogen-bond acceptors (Lipinski definition) is 5. The van der Waals surface area contributed by atoms with Gasteiger partial charge in [-0.15, -0.1) is 0 Å². The minimum Gasteiger partial charge on any atom is -0.505 e. The van der Waals surface area contributed by atoms with Crippen molar-refractivity contribution < 1.29 is 9.53 Å². The highest BCUT2D eigenvalue weighted by molar-refractivity contribution is 6.74. The summed E-state index contributed by atoms with van der Waals surface area (Å²) in [5, 5.41) is 9.56. The van der Waals surface area contributed by atoms with Crippen molar-refractivity contribution in [2.45, 2.75) is 64.3 Å². The molecule has 124 valence electrons. The van der Waals surface area contributed by atoms with Gasteiger partial charge in [0, 0.05) is 13.1 Å². The SMILES string of the molecule is CC(C)(C)[Si](C)(C)OC1CCCCN(c2ncc(O)cn2)C1. The van der Waals surface area contributed by atoms with Crippen molar-refractivity contribution >= 4 is 14.3 Å². The minimum atomic E-state index is -1.76. The summed E-state index contributed by atoms with van der Waals surface area (Å²) < 4.78 is 6.59. The number of aromatic nitrogens is 2. The van der Waals surface area contributed by atoms with E-state index in [0.29, 0.717) is 5.95 Å². The largest absolute Gasteiger partial charge is 0.505 e. The van der Waals surface area contributed by atoms with Crippen LogP contribution in [0.5, 0.6) is 5.75 Å². The van der Waals surface area contributed by atoms with E-state index in [1.165, 1.54) is 18.8 Å². The zero-order chi connectivity index (χ0) is 16.4. The van der Waals surface area contributed by atoms with Gasteiger partial charge in [0.1, 0.15) is 0 Å². The molecule has 0 spiro atoms. The van der Waals surface area contributed by atoms with Gasteiger partial charge in [0.15, 0.2) is 14.1 Å². The Labute approximate surface area is 134 Å². The maximum Gasteiger partial charge on any atom is 0.225 e. The molecule has 1 atom stereocenters. The maximum atomic E-state index is 9.34. The summed E-state index contributed by atoms with van der Waals surface area (Å²) in [6, 6.07) is 0. The van der Waals surface area contributed by atoms with Crippen LogP contribution in [0.25, 0.3) is 0 Å². The molecule has 6 heteroatoms. The van der Waals surface area contributed by atoms with E-state index in [1.54, 1.807) is 0 Å². The Morgan fingerprint density at radius 3 is 2.45 bits per heavy atom. The van der Waals surface area contributed by atoms with Crippen molar-refractivity contribution in [3.63, 3.8) is 0 Å². The third-order valence-electron chi connectivity index (χ3n) is 4.80. The van der Waals surface area contributed by atoms with Gasteiger partial charge in [-0.1, -0.05) is 20.8 Å². The van der Waals surface area contributed by atoms with Gasteiger partial charge in [0.05, 0.1) is 18.5 Å². The highest BCUT2D eigenvalue weighted by atomic mass is 28.4. The second kappa shape index (κ2) is 6.54. The van der Waals surface area contributed by atoms with Crippen LogP contribution in [0.4, 0.5) is 5.95 Å². The van der Waals surface area contributed by atoms with Crippen LogP contribution < -0.4 is 4.90 Å². The predicted molar refractivity (Wildman–Crippen MR) is 91.8 cm³/mol. The van der Waals surface area contributed by atoms with E-state index in [0.717, 1.165) is 25.9 Å². The van der Waals surface area contributed by atoms with Gasteiger partial charge < -0.3 is 14.4 Å². The summed E-state index contributed by atoms with van der Waals surface area (Å²) in [6.45, 7) is 13.2. The van der Waals surface area contributed by atoms with Gasteiger partial charge in [-0.2, -0.15) is 0 Å². The summed E-state index contributed by atoms with van der Waals surface area (Å²) >= 11 is 0. The van der Waals surface area contributed by atoms with E-state index in [4.69, 9.17) is 4.43 Å². The predicted octanol–water partition coefficient (Wildman–Crippen LogP) is 3.56. The highest BCUT2D eigenvalue weighted by Crippen LogP contribution is 2.38. The van der Waals surface area contributed by atoms with Crippen LogP contribution in [0, 0.1) is 0 Å². The van der Waals surface area contributed by atoms with Crippen LogP contribution in [-0.2, 0) is 4.43 Å². The van der Waals surface area contributed by atoms with Crippen LogP contribution >= 0.6 is 0 Å². The van der Waals surface area contributed by atoms with Crippen molar-refractivity contribution in [1.82, 2.24) is 9.97 Å².